The molecule has 0 saturated carbocycles. The Labute approximate surface area is 209 Å². The number of carbonyl (C=O) groups excluding carboxylic acids is 1. The average molecular weight is 487 g/mol. The highest BCUT2D eigenvalue weighted by Gasteiger charge is 2.29. The Morgan fingerprint density at radius 2 is 2.00 bits per heavy atom. The summed E-state index contributed by atoms with van der Waals surface area (Å²) < 4.78 is 2.05. The van der Waals surface area contributed by atoms with Crippen molar-refractivity contribution in [1.29, 1.82) is 0 Å². The highest BCUT2D eigenvalue weighted by atomic mass is 35.5. The van der Waals surface area contributed by atoms with Gasteiger partial charge >= 0.3 is 0 Å². The summed E-state index contributed by atoms with van der Waals surface area (Å²) in [6, 6.07) is 5.67. The van der Waals surface area contributed by atoms with Gasteiger partial charge in [-0.3, -0.25) is 4.79 Å². The van der Waals surface area contributed by atoms with Crippen molar-refractivity contribution in [2.45, 2.75) is 20.0 Å². The van der Waals surface area contributed by atoms with E-state index in [4.69, 9.17) is 16.6 Å². The van der Waals surface area contributed by atoms with Crippen molar-refractivity contribution in [2.24, 2.45) is 7.05 Å². The fourth-order valence-electron chi connectivity index (χ4n) is 5.07. The van der Waals surface area contributed by atoms with Gasteiger partial charge in [-0.05, 0) is 47.6 Å². The smallest absolute Gasteiger partial charge is 0.153 e. The van der Waals surface area contributed by atoms with E-state index in [9.17, 15) is 4.79 Å². The second-order valence-electron chi connectivity index (χ2n) is 8.82. The van der Waals surface area contributed by atoms with E-state index in [1.165, 1.54) is 0 Å². The number of hydrogen-bond donors (Lipinski definition) is 2. The number of fused-ring (bicyclic) bond motifs is 2. The van der Waals surface area contributed by atoms with Crippen LogP contribution in [-0.2, 0) is 7.05 Å². The Hall–Kier alpha value is -3.84. The molecule has 1 aromatic carbocycles. The Morgan fingerprint density at radius 3 is 2.71 bits per heavy atom. The van der Waals surface area contributed by atoms with Gasteiger partial charge in [0.2, 0.25) is 0 Å². The lowest BCUT2D eigenvalue weighted by atomic mass is 9.96. The third-order valence-corrected chi connectivity index (χ3v) is 6.97. The first-order valence-electron chi connectivity index (χ1n) is 11.4. The van der Waals surface area contributed by atoms with Gasteiger partial charge in [-0.1, -0.05) is 42.5 Å². The average Bonchev–Trinajstić information content (AvgIpc) is 3.38. The third-order valence-electron chi connectivity index (χ3n) is 6.76. The Bertz CT molecular complexity index is 1530. The number of nitrogens with one attached hydrogen (secondary N) is 2. The van der Waals surface area contributed by atoms with Crippen molar-refractivity contribution < 1.29 is 4.79 Å². The molecule has 3 aromatic rings. The number of pyridine rings is 1. The van der Waals surface area contributed by atoms with Crippen LogP contribution in [0.1, 0.15) is 41.3 Å². The predicted molar refractivity (Wildman–Crippen MR) is 144 cm³/mol. The molecule has 0 aliphatic carbocycles. The number of rotatable bonds is 4. The van der Waals surface area contributed by atoms with Crippen LogP contribution < -0.4 is 26.0 Å². The zero-order chi connectivity index (χ0) is 24.9. The lowest BCUT2D eigenvalue weighted by Crippen LogP contribution is -2.42. The molecule has 1 unspecified atom stereocenters. The van der Waals surface area contributed by atoms with Crippen LogP contribution in [0.15, 0.2) is 37.1 Å². The van der Waals surface area contributed by atoms with Gasteiger partial charge in [0.1, 0.15) is 23.5 Å². The molecule has 2 N–H and O–H groups in total. The van der Waals surface area contributed by atoms with Crippen LogP contribution in [-0.4, -0.2) is 40.6 Å². The van der Waals surface area contributed by atoms with Gasteiger partial charge in [0.25, 0.3) is 0 Å². The van der Waals surface area contributed by atoms with E-state index in [2.05, 4.69) is 34.0 Å². The maximum Gasteiger partial charge on any atom is 0.153 e. The van der Waals surface area contributed by atoms with Crippen LogP contribution in [0.4, 0.5) is 17.3 Å². The zero-order valence-electron chi connectivity index (χ0n) is 20.2. The highest BCUT2D eigenvalue weighted by Crippen LogP contribution is 2.35. The predicted octanol–water partition coefficient (Wildman–Crippen LogP) is 3.64. The Morgan fingerprint density at radius 1 is 1.23 bits per heavy atom. The molecule has 1 atom stereocenters. The lowest BCUT2D eigenvalue weighted by molar-refractivity contribution is 0.112. The van der Waals surface area contributed by atoms with Crippen LogP contribution >= 0.6 is 11.6 Å². The lowest BCUT2D eigenvalue weighted by Gasteiger charge is -2.23. The number of aromatic nitrogens is 3. The molecule has 4 heterocycles. The number of benzene rings is 1. The van der Waals surface area contributed by atoms with Crippen molar-refractivity contribution in [3.8, 4) is 0 Å². The first kappa shape index (κ1) is 22.9. The summed E-state index contributed by atoms with van der Waals surface area (Å²) in [5, 5.41) is 9.30. The van der Waals surface area contributed by atoms with E-state index >= 15 is 0 Å². The minimum Gasteiger partial charge on any atom is -0.366 e. The number of carbonyl (C=O) groups is 1. The van der Waals surface area contributed by atoms with E-state index in [0.717, 1.165) is 68.8 Å². The summed E-state index contributed by atoms with van der Waals surface area (Å²) in [5.74, 6) is 2.59. The summed E-state index contributed by atoms with van der Waals surface area (Å²) in [7, 11) is 3.98. The second kappa shape index (κ2) is 8.74. The quantitative estimate of drug-likeness (QED) is 0.548. The van der Waals surface area contributed by atoms with Crippen molar-refractivity contribution in [3.05, 3.63) is 75.2 Å². The van der Waals surface area contributed by atoms with Crippen molar-refractivity contribution in [3.63, 3.8) is 0 Å². The Balaban J connectivity index is 1.82. The molecule has 0 radical (unpaired) electrons. The van der Waals surface area contributed by atoms with E-state index in [1.807, 2.05) is 62.0 Å². The zero-order valence-corrected chi connectivity index (χ0v) is 20.9. The third kappa shape index (κ3) is 3.63. The van der Waals surface area contributed by atoms with Crippen LogP contribution in [0.25, 0.3) is 23.3 Å². The summed E-state index contributed by atoms with van der Waals surface area (Å²) in [5.41, 5.74) is 5.25. The molecule has 0 bridgehead atoms. The van der Waals surface area contributed by atoms with Gasteiger partial charge in [0, 0.05) is 38.0 Å². The number of hydrogen-bond acceptors (Lipinski definition) is 6. The minimum absolute atomic E-state index is 0.178. The molecule has 0 amide bonds. The molecular formula is C27H27ClN6O. The van der Waals surface area contributed by atoms with Gasteiger partial charge < -0.3 is 20.1 Å². The van der Waals surface area contributed by atoms with Crippen LogP contribution in [0.2, 0.25) is 5.02 Å². The fourth-order valence-corrected chi connectivity index (χ4v) is 5.23. The summed E-state index contributed by atoms with van der Waals surface area (Å²) >= 11 is 6.19. The number of halogens is 1. The highest BCUT2D eigenvalue weighted by molar-refractivity contribution is 6.30. The first-order valence-corrected chi connectivity index (χ1v) is 11.8. The largest absolute Gasteiger partial charge is 0.366 e. The molecule has 178 valence electrons. The van der Waals surface area contributed by atoms with E-state index in [1.54, 1.807) is 6.20 Å². The summed E-state index contributed by atoms with van der Waals surface area (Å²) in [4.78, 5) is 23.7. The molecule has 0 saturated heterocycles. The van der Waals surface area contributed by atoms with E-state index in [0.29, 0.717) is 10.6 Å². The number of nitrogens with zero attached hydrogens (tertiary/aromatic N) is 4. The van der Waals surface area contributed by atoms with Gasteiger partial charge in [0.05, 0.1) is 10.7 Å². The number of aldehydes is 1. The fraction of sp³-hybridized carbons (Fsp3) is 0.222. The second-order valence-corrected chi connectivity index (χ2v) is 9.25. The van der Waals surface area contributed by atoms with Gasteiger partial charge in [-0.2, -0.15) is 0 Å². The Kier molecular flexibility index (Phi) is 5.73. The topological polar surface area (TPSA) is 75.1 Å². The van der Waals surface area contributed by atoms with Gasteiger partial charge in [-0.25, -0.2) is 9.97 Å². The molecule has 35 heavy (non-hydrogen) atoms. The van der Waals surface area contributed by atoms with Crippen LogP contribution in [0, 0.1) is 0 Å². The SMILES string of the molecule is C=Cc1ccc(C=O)c(=C(/C)c2nc3c(n2C)NCC=C3)/c1=C(\C)C1Nc2cc(Cl)cnc2N1C. The number of imidazole rings is 1. The van der Waals surface area contributed by atoms with Crippen molar-refractivity contribution in [1.82, 2.24) is 14.5 Å². The first-order chi connectivity index (χ1) is 16.8. The van der Waals surface area contributed by atoms with Gasteiger partial charge in [-0.15, -0.1) is 0 Å². The van der Waals surface area contributed by atoms with Crippen molar-refractivity contribution in [2.75, 3.05) is 29.1 Å². The van der Waals surface area contributed by atoms with Crippen LogP contribution in [0.5, 0.6) is 0 Å². The number of anilines is 3. The van der Waals surface area contributed by atoms with E-state index in [-0.39, 0.29) is 6.17 Å². The minimum atomic E-state index is -0.178. The molecule has 5 rings (SSSR count). The molecule has 2 aliphatic rings. The maximum absolute atomic E-state index is 12.3. The normalized spacial score (nSPS) is 17.7. The summed E-state index contributed by atoms with van der Waals surface area (Å²) in [6.07, 6.45) is 8.27. The molecule has 2 aromatic heterocycles. The molecule has 7 nitrogen and oxygen atoms in total. The molecule has 8 heteroatoms. The van der Waals surface area contributed by atoms with E-state index < -0.39 is 0 Å². The molecular weight excluding hydrogens is 460 g/mol. The van der Waals surface area contributed by atoms with Crippen molar-refractivity contribution >= 4 is 58.5 Å². The molecule has 0 fully saturated rings. The maximum atomic E-state index is 12.3. The standard InChI is InChI=1S/C27H27ClN6O/c1-6-17-9-10-18(14-35)23(16(3)24-31-20-8-7-11-29-26(20)33(24)4)22(17)15(2)25-32-21-12-19(28)13-30-27(21)34(25)5/h6-10,12-14,25,29,32H,1,11H2,2-5H3/b22-15+,23-16+. The van der Waals surface area contributed by atoms with Crippen LogP contribution in [0.3, 0.4) is 0 Å². The summed E-state index contributed by atoms with van der Waals surface area (Å²) in [6.45, 7) is 8.90. The van der Waals surface area contributed by atoms with Gasteiger partial charge in [0.15, 0.2) is 12.1 Å². The monoisotopic (exact) mass is 486 g/mol. The molecule has 2 aliphatic heterocycles. The molecule has 0 spiro atoms.